The van der Waals surface area contributed by atoms with E-state index in [9.17, 15) is 14.7 Å². The van der Waals surface area contributed by atoms with Crippen LogP contribution in [0, 0.1) is 45.8 Å². The summed E-state index contributed by atoms with van der Waals surface area (Å²) in [6.45, 7) is 14.0. The van der Waals surface area contributed by atoms with E-state index in [-0.39, 0.29) is 29.4 Å². The first-order valence-corrected chi connectivity index (χ1v) is 15.6. The Morgan fingerprint density at radius 1 is 1.08 bits per heavy atom. The van der Waals surface area contributed by atoms with Crippen LogP contribution in [0.15, 0.2) is 11.6 Å². The van der Waals surface area contributed by atoms with Gasteiger partial charge in [-0.05, 0) is 61.9 Å². The van der Waals surface area contributed by atoms with Crippen LogP contribution in [-0.4, -0.2) is 35.4 Å². The van der Waals surface area contributed by atoms with E-state index in [0.29, 0.717) is 50.5 Å². The third-order valence-corrected chi connectivity index (χ3v) is 10.8. The fraction of sp³-hybridized carbons (Fsp3) is 0.824. The highest BCUT2D eigenvalue weighted by Gasteiger charge is 2.71. The quantitative estimate of drug-likeness (QED) is 0.235. The molecular formula is C34H52O5. The Bertz CT molecular complexity index is 1010. The van der Waals surface area contributed by atoms with Crippen molar-refractivity contribution in [2.45, 2.75) is 137 Å². The average molecular weight is 541 g/mol. The molecule has 2 bridgehead atoms. The molecule has 39 heavy (non-hydrogen) atoms. The standard InChI is InChI=1S/C34H52O5/c1-24(2)13-14-25(3)11-9-18-33-19-10-16-31(4,5)30(33)27-22-32(6,17-8-7-12-28(35)39-27)34(33,37)20-15-26-21-29(36)38-23-26/h21,24-25,27,30,37H,7,9-16,18-20,22-23H2,1-6H3/t25-,27-,30+,32+,33+,34-/m1/s1. The zero-order valence-electron chi connectivity index (χ0n) is 25.4. The van der Waals surface area contributed by atoms with Gasteiger partial charge in [0, 0.05) is 30.3 Å². The zero-order valence-corrected chi connectivity index (χ0v) is 25.4. The van der Waals surface area contributed by atoms with Crippen molar-refractivity contribution in [1.29, 1.82) is 0 Å². The van der Waals surface area contributed by atoms with Crippen molar-refractivity contribution < 1.29 is 24.2 Å². The van der Waals surface area contributed by atoms with Gasteiger partial charge >= 0.3 is 11.9 Å². The first-order chi connectivity index (χ1) is 18.3. The fourth-order valence-electron chi connectivity index (χ4n) is 8.83. The maximum Gasteiger partial charge on any atom is 0.331 e. The molecule has 0 radical (unpaired) electrons. The summed E-state index contributed by atoms with van der Waals surface area (Å²) in [6, 6.07) is 0. The van der Waals surface area contributed by atoms with E-state index in [1.807, 2.05) is 0 Å². The van der Waals surface area contributed by atoms with Gasteiger partial charge in [0.2, 0.25) is 0 Å². The third kappa shape index (κ3) is 5.97. The molecule has 0 aromatic carbocycles. The van der Waals surface area contributed by atoms with Gasteiger partial charge in [0.1, 0.15) is 12.7 Å². The number of hydrogen-bond acceptors (Lipinski definition) is 5. The number of hydrogen-bond donors (Lipinski definition) is 1. The highest BCUT2D eigenvalue weighted by Crippen LogP contribution is 2.69. The molecule has 0 aromatic heterocycles. The summed E-state index contributed by atoms with van der Waals surface area (Å²) in [5.74, 6) is 7.77. The molecule has 0 aromatic rings. The van der Waals surface area contributed by atoms with Crippen molar-refractivity contribution in [3.05, 3.63) is 11.6 Å². The van der Waals surface area contributed by atoms with Crippen molar-refractivity contribution in [2.75, 3.05) is 6.61 Å². The number of aliphatic hydroxyl groups is 1. The highest BCUT2D eigenvalue weighted by molar-refractivity contribution is 5.85. The first kappa shape index (κ1) is 30.2. The topological polar surface area (TPSA) is 72.8 Å². The van der Waals surface area contributed by atoms with E-state index in [1.165, 1.54) is 12.8 Å². The number of carbonyl (C=O) groups is 2. The summed E-state index contributed by atoms with van der Waals surface area (Å²) in [4.78, 5) is 24.7. The van der Waals surface area contributed by atoms with Crippen molar-refractivity contribution >= 4 is 11.9 Å². The minimum Gasteiger partial charge on any atom is -0.462 e. The fourth-order valence-corrected chi connectivity index (χ4v) is 8.83. The van der Waals surface area contributed by atoms with E-state index in [2.05, 4.69) is 53.4 Å². The van der Waals surface area contributed by atoms with Crippen LogP contribution in [0.25, 0.3) is 0 Å². The molecular weight excluding hydrogens is 488 g/mol. The summed E-state index contributed by atoms with van der Waals surface area (Å²) in [6.07, 6.45) is 12.4. The number of rotatable bonds is 10. The summed E-state index contributed by atoms with van der Waals surface area (Å²) >= 11 is 0. The first-order valence-electron chi connectivity index (χ1n) is 15.6. The van der Waals surface area contributed by atoms with Crippen LogP contribution in [-0.2, 0) is 19.1 Å². The average Bonchev–Trinajstić information content (AvgIpc) is 3.29. The monoisotopic (exact) mass is 540 g/mol. The van der Waals surface area contributed by atoms with E-state index in [4.69, 9.17) is 9.47 Å². The molecule has 4 aliphatic rings. The Balaban J connectivity index is 1.75. The zero-order chi connectivity index (χ0) is 28.5. The molecule has 4 rings (SSSR count). The second kappa shape index (κ2) is 11.6. The second-order valence-electron chi connectivity index (χ2n) is 14.6. The molecule has 2 aliphatic heterocycles. The van der Waals surface area contributed by atoms with E-state index in [1.54, 1.807) is 6.08 Å². The molecule has 2 saturated carbocycles. The lowest BCUT2D eigenvalue weighted by Crippen LogP contribution is -2.71. The molecule has 1 N–H and O–H groups in total. The molecule has 2 aliphatic carbocycles. The molecule has 0 spiro atoms. The maximum atomic E-state index is 13.3. The van der Waals surface area contributed by atoms with Crippen LogP contribution in [0.5, 0.6) is 0 Å². The van der Waals surface area contributed by atoms with Gasteiger partial charge in [-0.2, -0.15) is 0 Å². The highest BCUT2D eigenvalue weighted by atomic mass is 16.5. The molecule has 218 valence electrons. The van der Waals surface area contributed by atoms with Gasteiger partial charge in [0.15, 0.2) is 0 Å². The van der Waals surface area contributed by atoms with Gasteiger partial charge in [-0.3, -0.25) is 4.79 Å². The Labute approximate surface area is 236 Å². The maximum absolute atomic E-state index is 13.3. The Morgan fingerprint density at radius 3 is 2.54 bits per heavy atom. The molecule has 2 fully saturated rings. The van der Waals surface area contributed by atoms with Gasteiger partial charge in [-0.25, -0.2) is 4.79 Å². The SMILES string of the molecule is CC(C)CC[C@H](C)CCC[C@]12CCCC(C)(C)[C@@H]1[C@H]1C[C@](C)(C#CCCC(=O)O1)[C@]2(O)CCC1=CC(=O)OC1. The van der Waals surface area contributed by atoms with Gasteiger partial charge in [0.25, 0.3) is 0 Å². The van der Waals surface area contributed by atoms with Crippen LogP contribution in [0.2, 0.25) is 0 Å². The van der Waals surface area contributed by atoms with Crippen LogP contribution in [0.1, 0.15) is 125 Å². The summed E-state index contributed by atoms with van der Waals surface area (Å²) in [5, 5.41) is 13.3. The minimum absolute atomic E-state index is 0.0575. The van der Waals surface area contributed by atoms with Gasteiger partial charge in [-0.15, -0.1) is 5.92 Å². The van der Waals surface area contributed by atoms with Crippen LogP contribution >= 0.6 is 0 Å². The molecule has 5 nitrogen and oxygen atoms in total. The molecule has 2 heterocycles. The lowest BCUT2D eigenvalue weighted by atomic mass is 9.38. The number of ether oxygens (including phenoxy) is 2. The van der Waals surface area contributed by atoms with Crippen molar-refractivity contribution in [3.8, 4) is 11.8 Å². The van der Waals surface area contributed by atoms with Crippen LogP contribution in [0.4, 0.5) is 0 Å². The van der Waals surface area contributed by atoms with Gasteiger partial charge in [0.05, 0.1) is 17.4 Å². The molecule has 0 unspecified atom stereocenters. The lowest BCUT2D eigenvalue weighted by molar-refractivity contribution is -0.276. The van der Waals surface area contributed by atoms with Gasteiger partial charge in [-0.1, -0.05) is 72.6 Å². The van der Waals surface area contributed by atoms with Gasteiger partial charge < -0.3 is 14.6 Å². The summed E-state index contributed by atoms with van der Waals surface area (Å²) < 4.78 is 11.5. The number of carbonyl (C=O) groups excluding carboxylic acids is 2. The third-order valence-electron chi connectivity index (χ3n) is 10.8. The Kier molecular flexibility index (Phi) is 8.97. The van der Waals surface area contributed by atoms with Crippen LogP contribution < -0.4 is 0 Å². The van der Waals surface area contributed by atoms with E-state index < -0.39 is 16.4 Å². The Hall–Kier alpha value is -1.80. The van der Waals surface area contributed by atoms with Crippen molar-refractivity contribution in [3.63, 3.8) is 0 Å². The predicted molar refractivity (Wildman–Crippen MR) is 153 cm³/mol. The van der Waals surface area contributed by atoms with Crippen LogP contribution in [0.3, 0.4) is 0 Å². The van der Waals surface area contributed by atoms with Crippen molar-refractivity contribution in [1.82, 2.24) is 0 Å². The second-order valence-corrected chi connectivity index (χ2v) is 14.6. The van der Waals surface area contributed by atoms with Crippen molar-refractivity contribution in [2.24, 2.45) is 34.0 Å². The van der Waals surface area contributed by atoms with E-state index in [0.717, 1.165) is 44.1 Å². The summed E-state index contributed by atoms with van der Waals surface area (Å²) in [7, 11) is 0. The Morgan fingerprint density at radius 2 is 1.85 bits per heavy atom. The minimum atomic E-state index is -1.07. The number of cyclic esters (lactones) is 1. The molecule has 0 amide bonds. The predicted octanol–water partition coefficient (Wildman–Crippen LogP) is 7.16. The number of esters is 2. The molecule has 0 saturated heterocycles. The normalized spacial score (nSPS) is 36.4. The lowest BCUT2D eigenvalue weighted by Gasteiger charge is -2.68. The van der Waals surface area contributed by atoms with E-state index >= 15 is 0 Å². The summed E-state index contributed by atoms with van der Waals surface area (Å²) in [5.41, 5.74) is -1.33. The molecule has 5 heteroatoms. The number of fused-ring (bicyclic) bond motifs is 4. The smallest absolute Gasteiger partial charge is 0.331 e. The largest absolute Gasteiger partial charge is 0.462 e. The molecule has 6 atom stereocenters.